The third-order valence-corrected chi connectivity index (χ3v) is 9.23. The fourth-order valence-electron chi connectivity index (χ4n) is 5.50. The molecule has 2 heterocycles. The van der Waals surface area contributed by atoms with Crippen LogP contribution in [0.1, 0.15) is 41.1 Å². The predicted molar refractivity (Wildman–Crippen MR) is 197 cm³/mol. The molecule has 0 fully saturated rings. The van der Waals surface area contributed by atoms with Crippen molar-refractivity contribution < 1.29 is 38.1 Å². The number of aromatic nitrogens is 2. The summed E-state index contributed by atoms with van der Waals surface area (Å²) in [6, 6.07) is 18.3. The number of thiazole rings is 2. The summed E-state index contributed by atoms with van der Waals surface area (Å²) < 4.78 is 21.6. The highest BCUT2D eigenvalue weighted by Crippen LogP contribution is 2.16. The average molecular weight is 752 g/mol. The molecule has 4 rings (SSSR count). The first kappa shape index (κ1) is 39.9. The van der Waals surface area contributed by atoms with E-state index in [0.717, 1.165) is 20.9 Å². The van der Waals surface area contributed by atoms with Crippen molar-refractivity contribution in [1.82, 2.24) is 25.5 Å². The van der Waals surface area contributed by atoms with Crippen LogP contribution >= 0.6 is 22.7 Å². The minimum atomic E-state index is -0.884. The Bertz CT molecular complexity index is 1530. The molecular formula is C37H45N5O8S2. The van der Waals surface area contributed by atoms with E-state index in [9.17, 15) is 19.2 Å². The van der Waals surface area contributed by atoms with E-state index in [1.807, 2.05) is 65.6 Å². The molecule has 0 spiro atoms. The molecule has 0 bridgehead atoms. The Morgan fingerprint density at radius 3 is 1.58 bits per heavy atom. The molecule has 0 saturated heterocycles. The molecular weight excluding hydrogens is 707 g/mol. The lowest BCUT2D eigenvalue weighted by atomic mass is 10.0. The Kier molecular flexibility index (Phi) is 17.0. The Morgan fingerprint density at radius 1 is 0.673 bits per heavy atom. The minimum Gasteiger partial charge on any atom is -0.466 e. The van der Waals surface area contributed by atoms with Crippen molar-refractivity contribution in [2.45, 2.75) is 58.4 Å². The summed E-state index contributed by atoms with van der Waals surface area (Å²) >= 11 is 2.76. The van der Waals surface area contributed by atoms with Crippen LogP contribution in [0.15, 0.2) is 84.1 Å². The molecule has 2 aromatic carbocycles. The monoisotopic (exact) mass is 751 g/mol. The first-order valence-electron chi connectivity index (χ1n) is 17.0. The van der Waals surface area contributed by atoms with Crippen molar-refractivity contribution in [3.05, 3.63) is 105 Å². The largest absolute Gasteiger partial charge is 0.466 e. The summed E-state index contributed by atoms with van der Waals surface area (Å²) in [5, 5.41) is 6.01. The fourth-order valence-corrected chi connectivity index (χ4v) is 6.51. The number of hydrogen-bond acceptors (Lipinski definition) is 13. The van der Waals surface area contributed by atoms with Crippen LogP contribution in [0, 0.1) is 5.92 Å². The van der Waals surface area contributed by atoms with Crippen LogP contribution in [0.25, 0.3) is 0 Å². The molecule has 1 unspecified atom stereocenters. The number of carbonyl (C=O) groups is 4. The Balaban J connectivity index is 1.61. The summed E-state index contributed by atoms with van der Waals surface area (Å²) in [4.78, 5) is 63.9. The molecule has 3 atom stereocenters. The maximum atomic E-state index is 13.3. The highest BCUT2D eigenvalue weighted by Gasteiger charge is 2.30. The zero-order chi connectivity index (χ0) is 37.0. The number of amides is 2. The quantitative estimate of drug-likeness (QED) is 0.0829. The van der Waals surface area contributed by atoms with Gasteiger partial charge in [-0.1, -0.05) is 60.7 Å². The van der Waals surface area contributed by atoms with Crippen molar-refractivity contribution in [3.8, 4) is 0 Å². The van der Waals surface area contributed by atoms with E-state index in [0.29, 0.717) is 12.8 Å². The number of nitrogens with zero attached hydrogens (tertiary/aromatic N) is 3. The Hall–Kier alpha value is -4.86. The average Bonchev–Trinajstić information content (AvgIpc) is 3.86. The fraction of sp³-hybridized carbons (Fsp3) is 0.405. The van der Waals surface area contributed by atoms with Gasteiger partial charge in [-0.3, -0.25) is 24.5 Å². The van der Waals surface area contributed by atoms with E-state index in [-0.39, 0.29) is 52.5 Å². The first-order valence-corrected chi connectivity index (χ1v) is 18.8. The molecule has 4 aromatic rings. The van der Waals surface area contributed by atoms with Crippen LogP contribution in [-0.2, 0) is 54.6 Å². The van der Waals surface area contributed by atoms with E-state index in [1.54, 1.807) is 37.3 Å². The van der Waals surface area contributed by atoms with Crippen LogP contribution in [0.4, 0.5) is 9.59 Å². The van der Waals surface area contributed by atoms with Crippen molar-refractivity contribution >= 4 is 46.8 Å². The number of hydrogen-bond donors (Lipinski definition) is 2. The van der Waals surface area contributed by atoms with Gasteiger partial charge < -0.3 is 29.6 Å². The molecule has 278 valence electrons. The second-order valence-electron chi connectivity index (χ2n) is 11.8. The van der Waals surface area contributed by atoms with Gasteiger partial charge in [0.05, 0.1) is 46.3 Å². The topological polar surface area (TPSA) is 158 Å². The van der Waals surface area contributed by atoms with Crippen LogP contribution in [-0.4, -0.2) is 83.9 Å². The second kappa shape index (κ2) is 22.2. The SMILES string of the molecule is CCOC(=O)CC(CN(C[C@H](Cc1ccccc1)NC(=O)OCc1cncs1)C[C@H](Cc1ccccc1)NC(=O)OCc1cncs1)C(=O)OCC. The maximum absolute atomic E-state index is 13.3. The molecule has 0 saturated carbocycles. The molecule has 0 aliphatic rings. The summed E-state index contributed by atoms with van der Waals surface area (Å²) in [5.74, 6) is -1.96. The highest BCUT2D eigenvalue weighted by molar-refractivity contribution is 7.09. The molecule has 52 heavy (non-hydrogen) atoms. The number of alkyl carbamates (subject to hydrolysis) is 2. The molecule has 0 aliphatic heterocycles. The van der Waals surface area contributed by atoms with Gasteiger partial charge in [-0.2, -0.15) is 0 Å². The van der Waals surface area contributed by atoms with Gasteiger partial charge in [0, 0.05) is 44.1 Å². The lowest BCUT2D eigenvalue weighted by Gasteiger charge is -2.33. The summed E-state index contributed by atoms with van der Waals surface area (Å²) in [6.45, 7) is 4.35. The van der Waals surface area contributed by atoms with E-state index in [2.05, 4.69) is 20.6 Å². The molecule has 2 amide bonds. The van der Waals surface area contributed by atoms with Gasteiger partial charge in [0.2, 0.25) is 0 Å². The minimum absolute atomic E-state index is 0.0649. The number of ether oxygens (including phenoxy) is 4. The van der Waals surface area contributed by atoms with E-state index in [4.69, 9.17) is 18.9 Å². The summed E-state index contributed by atoms with van der Waals surface area (Å²) in [6.07, 6.45) is 2.71. The summed E-state index contributed by atoms with van der Waals surface area (Å²) in [7, 11) is 0. The van der Waals surface area contributed by atoms with Crippen molar-refractivity contribution in [2.24, 2.45) is 5.92 Å². The first-order chi connectivity index (χ1) is 25.3. The Labute approximate surface area is 311 Å². The predicted octanol–water partition coefficient (Wildman–Crippen LogP) is 5.41. The lowest BCUT2D eigenvalue weighted by molar-refractivity contribution is -0.155. The summed E-state index contributed by atoms with van der Waals surface area (Å²) in [5.41, 5.74) is 5.26. The van der Waals surface area contributed by atoms with Gasteiger partial charge in [0.25, 0.3) is 0 Å². The number of carbonyl (C=O) groups excluding carboxylic acids is 4. The van der Waals surface area contributed by atoms with Crippen LogP contribution in [0.2, 0.25) is 0 Å². The molecule has 2 aromatic heterocycles. The number of benzene rings is 2. The molecule has 0 radical (unpaired) electrons. The van der Waals surface area contributed by atoms with Gasteiger partial charge in [-0.05, 0) is 37.8 Å². The van der Waals surface area contributed by atoms with Crippen LogP contribution in [0.5, 0.6) is 0 Å². The van der Waals surface area contributed by atoms with E-state index in [1.165, 1.54) is 22.7 Å². The van der Waals surface area contributed by atoms with Crippen LogP contribution in [0.3, 0.4) is 0 Å². The smallest absolute Gasteiger partial charge is 0.407 e. The van der Waals surface area contributed by atoms with Gasteiger partial charge in [0.1, 0.15) is 13.2 Å². The number of rotatable bonds is 21. The van der Waals surface area contributed by atoms with Gasteiger partial charge in [0.15, 0.2) is 0 Å². The zero-order valence-corrected chi connectivity index (χ0v) is 30.9. The second-order valence-corrected chi connectivity index (χ2v) is 13.8. The van der Waals surface area contributed by atoms with E-state index < -0.39 is 42.1 Å². The Morgan fingerprint density at radius 2 is 1.15 bits per heavy atom. The number of nitrogens with one attached hydrogen (secondary N) is 2. The van der Waals surface area contributed by atoms with Crippen molar-refractivity contribution in [3.63, 3.8) is 0 Å². The number of esters is 2. The standard InChI is InChI=1S/C37H45N5O8S2/c1-3-47-34(43)17-29(35(44)48-4-2)20-42(21-30(15-27-11-7-5-8-12-27)40-36(45)49-23-32-18-38-25-51-32)22-31(16-28-13-9-6-10-14-28)41-37(46)50-24-33-19-39-26-52-33/h5-14,18-19,25-26,29-31H,3-4,15-17,20-24H2,1-2H3,(H,40,45)(H,41,46)/t29?,30-,31-/m0/s1. The molecule has 0 aliphatic carbocycles. The highest BCUT2D eigenvalue weighted by atomic mass is 32.1. The van der Waals surface area contributed by atoms with Crippen molar-refractivity contribution in [1.29, 1.82) is 0 Å². The molecule has 2 N–H and O–H groups in total. The lowest BCUT2D eigenvalue weighted by Crippen LogP contribution is -2.52. The third kappa shape index (κ3) is 14.8. The van der Waals surface area contributed by atoms with Crippen molar-refractivity contribution in [2.75, 3.05) is 32.8 Å². The van der Waals surface area contributed by atoms with Gasteiger partial charge >= 0.3 is 24.1 Å². The zero-order valence-electron chi connectivity index (χ0n) is 29.3. The third-order valence-electron chi connectivity index (χ3n) is 7.73. The van der Waals surface area contributed by atoms with E-state index >= 15 is 0 Å². The molecule has 13 nitrogen and oxygen atoms in total. The molecule has 15 heteroatoms. The normalized spacial score (nSPS) is 12.7. The van der Waals surface area contributed by atoms with Crippen LogP contribution < -0.4 is 10.6 Å². The maximum Gasteiger partial charge on any atom is 0.407 e. The van der Waals surface area contributed by atoms with Gasteiger partial charge in [-0.25, -0.2) is 9.59 Å². The van der Waals surface area contributed by atoms with Gasteiger partial charge in [-0.15, -0.1) is 22.7 Å².